The molecule has 0 aliphatic rings. The van der Waals surface area contributed by atoms with Gasteiger partial charge in [0.25, 0.3) is 0 Å². The number of fused-ring (bicyclic) bond motifs is 1. The van der Waals surface area contributed by atoms with Gasteiger partial charge in [0.1, 0.15) is 0 Å². The van der Waals surface area contributed by atoms with Crippen molar-refractivity contribution in [2.75, 3.05) is 0 Å². The molecule has 4 nitrogen and oxygen atoms in total. The van der Waals surface area contributed by atoms with Crippen molar-refractivity contribution in [1.82, 2.24) is 9.97 Å². The van der Waals surface area contributed by atoms with Crippen LogP contribution in [0.15, 0.2) is 24.4 Å². The van der Waals surface area contributed by atoms with Gasteiger partial charge in [-0.1, -0.05) is 6.92 Å². The molecule has 1 heterocycles. The van der Waals surface area contributed by atoms with Gasteiger partial charge in [-0.15, -0.1) is 0 Å². The van der Waals surface area contributed by atoms with Crippen molar-refractivity contribution in [2.45, 2.75) is 13.3 Å². The maximum absolute atomic E-state index is 10.8. The quantitative estimate of drug-likeness (QED) is 0.807. The van der Waals surface area contributed by atoms with Crippen LogP contribution >= 0.6 is 0 Å². The van der Waals surface area contributed by atoms with Crippen molar-refractivity contribution in [3.63, 3.8) is 0 Å². The third-order valence-corrected chi connectivity index (χ3v) is 2.20. The van der Waals surface area contributed by atoms with Crippen molar-refractivity contribution in [1.29, 1.82) is 0 Å². The molecule has 2 aromatic rings. The highest BCUT2D eigenvalue weighted by Gasteiger charge is 2.05. The van der Waals surface area contributed by atoms with E-state index in [1.165, 1.54) is 6.07 Å². The molecule has 0 aliphatic heterocycles. The van der Waals surface area contributed by atoms with Crippen LogP contribution in [0.1, 0.15) is 23.0 Å². The molecule has 76 valence electrons. The van der Waals surface area contributed by atoms with Crippen molar-refractivity contribution >= 4 is 17.0 Å². The zero-order valence-corrected chi connectivity index (χ0v) is 8.27. The number of carboxylic acids is 1. The van der Waals surface area contributed by atoms with E-state index >= 15 is 0 Å². The Labute approximate surface area is 86.6 Å². The topological polar surface area (TPSA) is 63.1 Å². The highest BCUT2D eigenvalue weighted by Crippen LogP contribution is 2.12. The van der Waals surface area contributed by atoms with Gasteiger partial charge in [-0.25, -0.2) is 9.78 Å². The average Bonchev–Trinajstić information content (AvgIpc) is 2.27. The Morgan fingerprint density at radius 3 is 2.87 bits per heavy atom. The van der Waals surface area contributed by atoms with E-state index in [9.17, 15) is 4.79 Å². The van der Waals surface area contributed by atoms with E-state index in [4.69, 9.17) is 5.11 Å². The Bertz CT molecular complexity index is 523. The molecular formula is C11H10N2O2. The summed E-state index contributed by atoms with van der Waals surface area (Å²) in [4.78, 5) is 19.3. The second-order valence-corrected chi connectivity index (χ2v) is 3.22. The zero-order valence-electron chi connectivity index (χ0n) is 8.27. The first kappa shape index (κ1) is 9.58. The highest BCUT2D eigenvalue weighted by atomic mass is 16.4. The molecule has 0 bridgehead atoms. The summed E-state index contributed by atoms with van der Waals surface area (Å²) in [5.41, 5.74) is 2.46. The van der Waals surface area contributed by atoms with Crippen LogP contribution in [0.25, 0.3) is 11.0 Å². The first-order valence-electron chi connectivity index (χ1n) is 4.69. The summed E-state index contributed by atoms with van der Waals surface area (Å²) in [6.45, 7) is 1.98. The normalized spacial score (nSPS) is 10.5. The lowest BCUT2D eigenvalue weighted by Gasteiger charge is -2.00. The molecule has 1 aromatic heterocycles. The Morgan fingerprint density at radius 2 is 2.20 bits per heavy atom. The molecule has 0 amide bonds. The second-order valence-electron chi connectivity index (χ2n) is 3.22. The number of aromatic nitrogens is 2. The Kier molecular flexibility index (Phi) is 2.33. The van der Waals surface area contributed by atoms with Crippen molar-refractivity contribution in [3.8, 4) is 0 Å². The SMILES string of the molecule is CCc1cnc2ccc(C(=O)O)cc2n1. The molecule has 0 saturated carbocycles. The third kappa shape index (κ3) is 1.79. The predicted octanol–water partition coefficient (Wildman–Crippen LogP) is 1.89. The highest BCUT2D eigenvalue weighted by molar-refractivity contribution is 5.92. The Balaban J connectivity index is 2.62. The summed E-state index contributed by atoms with van der Waals surface area (Å²) >= 11 is 0. The summed E-state index contributed by atoms with van der Waals surface area (Å²) in [6.07, 6.45) is 2.50. The van der Waals surface area contributed by atoms with Gasteiger partial charge in [0.2, 0.25) is 0 Å². The van der Waals surface area contributed by atoms with Gasteiger partial charge >= 0.3 is 5.97 Å². The van der Waals surface area contributed by atoms with Crippen LogP contribution in [0.2, 0.25) is 0 Å². The van der Waals surface area contributed by atoms with E-state index in [0.717, 1.165) is 17.6 Å². The number of hydrogen-bond acceptors (Lipinski definition) is 3. The van der Waals surface area contributed by atoms with Gasteiger partial charge in [-0.05, 0) is 24.6 Å². The fourth-order valence-electron chi connectivity index (χ4n) is 1.35. The number of carbonyl (C=O) groups is 1. The fourth-order valence-corrected chi connectivity index (χ4v) is 1.35. The lowest BCUT2D eigenvalue weighted by Crippen LogP contribution is -1.97. The molecule has 1 N–H and O–H groups in total. The van der Waals surface area contributed by atoms with E-state index in [1.807, 2.05) is 6.92 Å². The van der Waals surface area contributed by atoms with E-state index in [0.29, 0.717) is 5.52 Å². The van der Waals surface area contributed by atoms with Crippen LogP contribution in [-0.2, 0) is 6.42 Å². The summed E-state index contributed by atoms with van der Waals surface area (Å²) in [6, 6.07) is 4.75. The number of benzene rings is 1. The maximum Gasteiger partial charge on any atom is 0.335 e. The molecule has 4 heteroatoms. The first-order chi connectivity index (χ1) is 7.20. The molecule has 2 rings (SSSR count). The summed E-state index contributed by atoms with van der Waals surface area (Å²) in [5, 5.41) is 8.82. The molecular weight excluding hydrogens is 192 g/mol. The van der Waals surface area contributed by atoms with Crippen LogP contribution in [0.4, 0.5) is 0 Å². The molecule has 0 saturated heterocycles. The summed E-state index contributed by atoms with van der Waals surface area (Å²) in [5.74, 6) is -0.944. The van der Waals surface area contributed by atoms with Crippen LogP contribution in [0, 0.1) is 0 Å². The van der Waals surface area contributed by atoms with Crippen LogP contribution in [0.5, 0.6) is 0 Å². The minimum absolute atomic E-state index is 0.241. The second kappa shape index (κ2) is 3.65. The summed E-state index contributed by atoms with van der Waals surface area (Å²) < 4.78 is 0. The zero-order chi connectivity index (χ0) is 10.8. The van der Waals surface area contributed by atoms with Crippen molar-refractivity contribution in [3.05, 3.63) is 35.7 Å². The predicted molar refractivity (Wildman–Crippen MR) is 55.9 cm³/mol. The van der Waals surface area contributed by atoms with E-state index in [2.05, 4.69) is 9.97 Å². The maximum atomic E-state index is 10.8. The standard InChI is InChI=1S/C11H10N2O2/c1-2-8-6-12-9-4-3-7(11(14)15)5-10(9)13-8/h3-6H,2H2,1H3,(H,14,15). The number of nitrogens with zero attached hydrogens (tertiary/aromatic N) is 2. The van der Waals surface area contributed by atoms with Crippen molar-refractivity contribution < 1.29 is 9.90 Å². The molecule has 0 radical (unpaired) electrons. The molecule has 0 spiro atoms. The van der Waals surface area contributed by atoms with Gasteiger partial charge in [0.05, 0.1) is 22.3 Å². The van der Waals surface area contributed by atoms with Crippen LogP contribution in [-0.4, -0.2) is 21.0 Å². The van der Waals surface area contributed by atoms with Gasteiger partial charge in [0.15, 0.2) is 0 Å². The number of aryl methyl sites for hydroxylation is 1. The van der Waals surface area contributed by atoms with Gasteiger partial charge < -0.3 is 5.11 Å². The van der Waals surface area contributed by atoms with Crippen LogP contribution < -0.4 is 0 Å². The van der Waals surface area contributed by atoms with Gasteiger partial charge in [0, 0.05) is 6.20 Å². The smallest absolute Gasteiger partial charge is 0.335 e. The monoisotopic (exact) mass is 202 g/mol. The average molecular weight is 202 g/mol. The Morgan fingerprint density at radius 1 is 1.40 bits per heavy atom. The number of rotatable bonds is 2. The van der Waals surface area contributed by atoms with Crippen LogP contribution in [0.3, 0.4) is 0 Å². The molecule has 0 unspecified atom stereocenters. The van der Waals surface area contributed by atoms with E-state index in [-0.39, 0.29) is 5.56 Å². The lowest BCUT2D eigenvalue weighted by molar-refractivity contribution is 0.0697. The van der Waals surface area contributed by atoms with Gasteiger partial charge in [-0.3, -0.25) is 4.98 Å². The largest absolute Gasteiger partial charge is 0.478 e. The first-order valence-corrected chi connectivity index (χ1v) is 4.69. The summed E-state index contributed by atoms with van der Waals surface area (Å²) in [7, 11) is 0. The molecule has 0 fully saturated rings. The Hall–Kier alpha value is -1.97. The van der Waals surface area contributed by atoms with E-state index in [1.54, 1.807) is 18.3 Å². The number of carboxylic acid groups (broad SMARTS) is 1. The fraction of sp³-hybridized carbons (Fsp3) is 0.182. The number of hydrogen-bond donors (Lipinski definition) is 1. The minimum Gasteiger partial charge on any atom is -0.478 e. The number of aromatic carboxylic acids is 1. The molecule has 1 aromatic carbocycles. The third-order valence-electron chi connectivity index (χ3n) is 2.20. The van der Waals surface area contributed by atoms with E-state index < -0.39 is 5.97 Å². The van der Waals surface area contributed by atoms with Gasteiger partial charge in [-0.2, -0.15) is 0 Å². The molecule has 0 atom stereocenters. The molecule has 0 aliphatic carbocycles. The minimum atomic E-state index is -0.944. The lowest BCUT2D eigenvalue weighted by atomic mass is 10.2. The van der Waals surface area contributed by atoms with Crippen molar-refractivity contribution in [2.24, 2.45) is 0 Å². The molecule has 15 heavy (non-hydrogen) atoms.